The molecule has 0 saturated carbocycles. The third kappa shape index (κ3) is 3.25. The lowest BCUT2D eigenvalue weighted by Gasteiger charge is -2.10. The highest BCUT2D eigenvalue weighted by atomic mass is 35.5. The molecule has 0 aliphatic heterocycles. The summed E-state index contributed by atoms with van der Waals surface area (Å²) in [4.78, 5) is 9.16. The number of halogens is 1. The third-order valence-corrected chi connectivity index (χ3v) is 3.94. The standard InChI is InChI=1S/C18H15ClN6/c1-25-17-15(11-20-25)16(21-13-7-3-2-4-8-13)23-18(24-17)22-14-9-5-6-12(19)10-14/h2-11H,1H3,(H2,21,22,23,24). The normalized spacial score (nSPS) is 10.8. The molecule has 0 atom stereocenters. The molecule has 2 heterocycles. The maximum Gasteiger partial charge on any atom is 0.231 e. The van der Waals surface area contributed by atoms with Crippen molar-refractivity contribution in [3.8, 4) is 0 Å². The van der Waals surface area contributed by atoms with E-state index in [1.165, 1.54) is 0 Å². The van der Waals surface area contributed by atoms with E-state index < -0.39 is 0 Å². The number of benzene rings is 2. The maximum atomic E-state index is 6.05. The number of hydrogen-bond acceptors (Lipinski definition) is 5. The van der Waals surface area contributed by atoms with E-state index in [1.807, 2.05) is 61.6 Å². The summed E-state index contributed by atoms with van der Waals surface area (Å²) in [6.45, 7) is 0. The van der Waals surface area contributed by atoms with Crippen LogP contribution in [0, 0.1) is 0 Å². The Morgan fingerprint density at radius 3 is 2.52 bits per heavy atom. The monoisotopic (exact) mass is 350 g/mol. The van der Waals surface area contributed by atoms with E-state index in [4.69, 9.17) is 11.6 Å². The predicted octanol–water partition coefficient (Wildman–Crippen LogP) is 4.50. The molecule has 7 heteroatoms. The number of rotatable bonds is 4. The Morgan fingerprint density at radius 2 is 1.72 bits per heavy atom. The zero-order valence-corrected chi connectivity index (χ0v) is 14.2. The van der Waals surface area contributed by atoms with E-state index in [-0.39, 0.29) is 0 Å². The van der Waals surface area contributed by atoms with Gasteiger partial charge >= 0.3 is 0 Å². The van der Waals surface area contributed by atoms with Crippen molar-refractivity contribution in [3.05, 3.63) is 65.8 Å². The van der Waals surface area contributed by atoms with Gasteiger partial charge in [0.25, 0.3) is 0 Å². The summed E-state index contributed by atoms with van der Waals surface area (Å²) in [6, 6.07) is 17.3. The van der Waals surface area contributed by atoms with E-state index in [0.717, 1.165) is 22.4 Å². The van der Waals surface area contributed by atoms with Crippen LogP contribution in [0.2, 0.25) is 5.02 Å². The number of nitrogens with zero attached hydrogens (tertiary/aromatic N) is 4. The molecule has 0 unspecified atom stereocenters. The maximum absolute atomic E-state index is 6.05. The van der Waals surface area contributed by atoms with Gasteiger partial charge < -0.3 is 10.6 Å². The molecular weight excluding hydrogens is 336 g/mol. The third-order valence-electron chi connectivity index (χ3n) is 3.71. The Hall–Kier alpha value is -3.12. The number of aromatic nitrogens is 4. The molecule has 0 bridgehead atoms. The Bertz CT molecular complexity index is 1030. The highest BCUT2D eigenvalue weighted by Gasteiger charge is 2.12. The van der Waals surface area contributed by atoms with E-state index in [1.54, 1.807) is 10.9 Å². The van der Waals surface area contributed by atoms with Gasteiger partial charge in [-0.05, 0) is 30.3 Å². The number of nitrogens with one attached hydrogen (secondary N) is 2. The Labute approximate surface area is 149 Å². The molecule has 2 aromatic carbocycles. The largest absolute Gasteiger partial charge is 0.339 e. The highest BCUT2D eigenvalue weighted by Crippen LogP contribution is 2.26. The SMILES string of the molecule is Cn1ncc2c(Nc3ccccc3)nc(Nc3cccc(Cl)c3)nc21. The average molecular weight is 351 g/mol. The summed E-state index contributed by atoms with van der Waals surface area (Å²) in [5.74, 6) is 1.16. The van der Waals surface area contributed by atoms with Crippen LogP contribution >= 0.6 is 11.6 Å². The molecule has 0 aliphatic carbocycles. The van der Waals surface area contributed by atoms with Crippen LogP contribution in [0.1, 0.15) is 0 Å². The Morgan fingerprint density at radius 1 is 0.920 bits per heavy atom. The first-order valence-corrected chi connectivity index (χ1v) is 8.11. The van der Waals surface area contributed by atoms with Gasteiger partial charge in [-0.2, -0.15) is 15.1 Å². The van der Waals surface area contributed by atoms with Crippen LogP contribution in [0.4, 0.5) is 23.1 Å². The van der Waals surface area contributed by atoms with E-state index in [2.05, 4.69) is 25.7 Å². The lowest BCUT2D eigenvalue weighted by atomic mass is 10.3. The van der Waals surface area contributed by atoms with Crippen molar-refractivity contribution in [2.24, 2.45) is 7.05 Å². The minimum atomic E-state index is 0.469. The Kier molecular flexibility index (Phi) is 3.95. The Balaban J connectivity index is 1.76. The van der Waals surface area contributed by atoms with Gasteiger partial charge in [0.1, 0.15) is 5.82 Å². The summed E-state index contributed by atoms with van der Waals surface area (Å²) in [5, 5.41) is 12.3. The van der Waals surface area contributed by atoms with Gasteiger partial charge in [0, 0.05) is 23.4 Å². The number of hydrogen-bond donors (Lipinski definition) is 2. The summed E-state index contributed by atoms with van der Waals surface area (Å²) in [7, 11) is 1.85. The molecule has 0 radical (unpaired) electrons. The van der Waals surface area contributed by atoms with Gasteiger partial charge in [-0.15, -0.1) is 0 Å². The minimum absolute atomic E-state index is 0.469. The van der Waals surface area contributed by atoms with Gasteiger partial charge in [-0.3, -0.25) is 4.68 Å². The second-order valence-electron chi connectivity index (χ2n) is 5.53. The fourth-order valence-corrected chi connectivity index (χ4v) is 2.72. The quantitative estimate of drug-likeness (QED) is 0.567. The van der Waals surface area contributed by atoms with Crippen LogP contribution in [0.15, 0.2) is 60.8 Å². The van der Waals surface area contributed by atoms with E-state index >= 15 is 0 Å². The fourth-order valence-electron chi connectivity index (χ4n) is 2.53. The van der Waals surface area contributed by atoms with Gasteiger partial charge in [-0.25, -0.2) is 0 Å². The van der Waals surface area contributed by atoms with Gasteiger partial charge in [0.15, 0.2) is 5.65 Å². The molecule has 4 rings (SSSR count). The smallest absolute Gasteiger partial charge is 0.231 e. The van der Waals surface area contributed by atoms with Crippen molar-refractivity contribution in [1.29, 1.82) is 0 Å². The summed E-state index contributed by atoms with van der Waals surface area (Å²) >= 11 is 6.05. The number of anilines is 4. The summed E-state index contributed by atoms with van der Waals surface area (Å²) < 4.78 is 1.72. The number of aryl methyl sites for hydroxylation is 1. The molecule has 6 nitrogen and oxygen atoms in total. The predicted molar refractivity (Wildman–Crippen MR) is 101 cm³/mol. The molecule has 0 aliphatic rings. The first-order valence-electron chi connectivity index (χ1n) is 7.73. The number of para-hydroxylation sites is 1. The van der Waals surface area contributed by atoms with Crippen LogP contribution in [0.3, 0.4) is 0 Å². The van der Waals surface area contributed by atoms with Crippen LogP contribution in [0.5, 0.6) is 0 Å². The molecule has 0 amide bonds. The second kappa shape index (κ2) is 6.41. The van der Waals surface area contributed by atoms with Crippen LogP contribution < -0.4 is 10.6 Å². The minimum Gasteiger partial charge on any atom is -0.339 e. The fraction of sp³-hybridized carbons (Fsp3) is 0.0556. The lowest BCUT2D eigenvalue weighted by molar-refractivity contribution is 0.786. The van der Waals surface area contributed by atoms with Crippen molar-refractivity contribution >= 4 is 45.8 Å². The molecule has 2 aromatic heterocycles. The summed E-state index contributed by atoms with van der Waals surface area (Å²) in [6.07, 6.45) is 1.75. The van der Waals surface area contributed by atoms with Crippen molar-refractivity contribution in [2.45, 2.75) is 0 Å². The molecule has 2 N–H and O–H groups in total. The van der Waals surface area contributed by atoms with Crippen molar-refractivity contribution in [2.75, 3.05) is 10.6 Å². The highest BCUT2D eigenvalue weighted by molar-refractivity contribution is 6.30. The summed E-state index contributed by atoms with van der Waals surface area (Å²) in [5.41, 5.74) is 2.50. The van der Waals surface area contributed by atoms with Gasteiger partial charge in [0.2, 0.25) is 5.95 Å². The zero-order chi connectivity index (χ0) is 17.2. The number of fused-ring (bicyclic) bond motifs is 1. The lowest BCUT2D eigenvalue weighted by Crippen LogP contribution is -2.03. The molecule has 25 heavy (non-hydrogen) atoms. The van der Waals surface area contributed by atoms with Crippen LogP contribution in [0.25, 0.3) is 11.0 Å². The molecule has 0 spiro atoms. The molecule has 4 aromatic rings. The van der Waals surface area contributed by atoms with Crippen LogP contribution in [-0.2, 0) is 7.05 Å². The average Bonchev–Trinajstić information content (AvgIpc) is 2.97. The zero-order valence-electron chi connectivity index (χ0n) is 13.4. The first-order chi connectivity index (χ1) is 12.2. The molecular formula is C18H15ClN6. The molecule has 124 valence electrons. The van der Waals surface area contributed by atoms with Crippen molar-refractivity contribution < 1.29 is 0 Å². The van der Waals surface area contributed by atoms with E-state index in [9.17, 15) is 0 Å². The second-order valence-corrected chi connectivity index (χ2v) is 5.96. The van der Waals surface area contributed by atoms with Crippen molar-refractivity contribution in [1.82, 2.24) is 19.7 Å². The van der Waals surface area contributed by atoms with Crippen molar-refractivity contribution in [3.63, 3.8) is 0 Å². The van der Waals surface area contributed by atoms with Crippen LogP contribution in [-0.4, -0.2) is 19.7 Å². The van der Waals surface area contributed by atoms with E-state index in [0.29, 0.717) is 16.8 Å². The molecule has 0 fully saturated rings. The van der Waals surface area contributed by atoms with Gasteiger partial charge in [0.05, 0.1) is 11.6 Å². The topological polar surface area (TPSA) is 67.7 Å². The first kappa shape index (κ1) is 15.4. The molecule has 0 saturated heterocycles. The van der Waals surface area contributed by atoms with Gasteiger partial charge in [-0.1, -0.05) is 35.9 Å².